The van der Waals surface area contributed by atoms with Crippen LogP contribution in [0.1, 0.15) is 16.0 Å². The van der Waals surface area contributed by atoms with Crippen LogP contribution in [0, 0.1) is 0 Å². The van der Waals surface area contributed by atoms with Gasteiger partial charge in [0.15, 0.2) is 0 Å². The fraction of sp³-hybridized carbons (Fsp3) is 0.312. The van der Waals surface area contributed by atoms with Crippen LogP contribution in [0.2, 0.25) is 0 Å². The van der Waals surface area contributed by atoms with Crippen LogP contribution in [-0.4, -0.2) is 18.5 Å². The number of rotatable bonds is 4. The zero-order valence-electron chi connectivity index (χ0n) is 11.7. The van der Waals surface area contributed by atoms with Crippen molar-refractivity contribution in [2.24, 2.45) is 0 Å². The van der Waals surface area contributed by atoms with Gasteiger partial charge in [-0.05, 0) is 35.4 Å². The van der Waals surface area contributed by atoms with Crippen LogP contribution >= 0.6 is 23.7 Å². The Bertz CT molecular complexity index is 586. The van der Waals surface area contributed by atoms with E-state index in [1.165, 1.54) is 16.0 Å². The van der Waals surface area contributed by atoms with Gasteiger partial charge in [0.25, 0.3) is 0 Å². The van der Waals surface area contributed by atoms with Crippen molar-refractivity contribution in [3.8, 4) is 0 Å². The number of hydrogen-bond donors (Lipinski definition) is 2. The van der Waals surface area contributed by atoms with Gasteiger partial charge < -0.3 is 10.6 Å². The first-order valence-electron chi connectivity index (χ1n) is 6.93. The number of hydrogen-bond acceptors (Lipinski definition) is 3. The largest absolute Gasteiger partial charge is 0.354 e. The molecule has 1 aromatic heterocycles. The maximum absolute atomic E-state index is 12.2. The van der Waals surface area contributed by atoms with E-state index < -0.39 is 0 Å². The number of fused-ring (bicyclic) bond motifs is 1. The Labute approximate surface area is 135 Å². The first-order chi connectivity index (χ1) is 9.83. The molecule has 3 rings (SSSR count). The zero-order valence-corrected chi connectivity index (χ0v) is 13.3. The Morgan fingerprint density at radius 2 is 2.05 bits per heavy atom. The Morgan fingerprint density at radius 3 is 2.81 bits per heavy atom. The summed E-state index contributed by atoms with van der Waals surface area (Å²) in [5.74, 6) is 0.107. The van der Waals surface area contributed by atoms with Gasteiger partial charge in [0.05, 0.1) is 6.04 Å². The Balaban J connectivity index is 0.00000161. The van der Waals surface area contributed by atoms with Gasteiger partial charge in [-0.25, -0.2) is 0 Å². The van der Waals surface area contributed by atoms with E-state index in [1.807, 2.05) is 18.2 Å². The molecule has 2 aromatic rings. The highest BCUT2D eigenvalue weighted by molar-refractivity contribution is 7.09. The lowest BCUT2D eigenvalue weighted by Gasteiger charge is -2.25. The fourth-order valence-electron chi connectivity index (χ4n) is 2.53. The Kier molecular flexibility index (Phi) is 5.79. The van der Waals surface area contributed by atoms with Gasteiger partial charge in [0.1, 0.15) is 0 Å². The van der Waals surface area contributed by atoms with Crippen molar-refractivity contribution in [3.63, 3.8) is 0 Å². The SMILES string of the molecule is Cl.O=C(NCCc1cccs1)C1Cc2ccccc2CN1. The lowest BCUT2D eigenvalue weighted by molar-refractivity contribution is -0.123. The lowest BCUT2D eigenvalue weighted by Crippen LogP contribution is -2.48. The highest BCUT2D eigenvalue weighted by Gasteiger charge is 2.23. The number of carbonyl (C=O) groups excluding carboxylic acids is 1. The van der Waals surface area contributed by atoms with Crippen molar-refractivity contribution in [1.29, 1.82) is 0 Å². The second-order valence-corrected chi connectivity index (χ2v) is 6.06. The van der Waals surface area contributed by atoms with E-state index in [4.69, 9.17) is 0 Å². The number of thiophene rings is 1. The molecule has 0 saturated carbocycles. The predicted octanol–water partition coefficient (Wildman–Crippen LogP) is 2.54. The molecule has 5 heteroatoms. The van der Waals surface area contributed by atoms with Crippen molar-refractivity contribution in [2.75, 3.05) is 6.54 Å². The van der Waals surface area contributed by atoms with Crippen LogP contribution in [0.25, 0.3) is 0 Å². The van der Waals surface area contributed by atoms with Crippen LogP contribution < -0.4 is 10.6 Å². The second-order valence-electron chi connectivity index (χ2n) is 5.03. The predicted molar refractivity (Wildman–Crippen MR) is 89.1 cm³/mol. The summed E-state index contributed by atoms with van der Waals surface area (Å²) in [4.78, 5) is 13.5. The van der Waals surface area contributed by atoms with E-state index in [2.05, 4.69) is 34.2 Å². The summed E-state index contributed by atoms with van der Waals surface area (Å²) in [6, 6.07) is 12.4. The van der Waals surface area contributed by atoms with Gasteiger partial charge in [-0.15, -0.1) is 23.7 Å². The fourth-order valence-corrected chi connectivity index (χ4v) is 3.24. The smallest absolute Gasteiger partial charge is 0.237 e. The molecule has 3 nitrogen and oxygen atoms in total. The normalized spacial score (nSPS) is 16.7. The molecule has 1 aromatic carbocycles. The Morgan fingerprint density at radius 1 is 1.24 bits per heavy atom. The summed E-state index contributed by atoms with van der Waals surface area (Å²) in [5, 5.41) is 8.40. The third kappa shape index (κ3) is 4.06. The van der Waals surface area contributed by atoms with Gasteiger partial charge in [-0.2, -0.15) is 0 Å². The molecule has 1 amide bonds. The molecular formula is C16H19ClN2OS. The van der Waals surface area contributed by atoms with Crippen LogP contribution in [0.4, 0.5) is 0 Å². The molecule has 0 radical (unpaired) electrons. The van der Waals surface area contributed by atoms with Crippen LogP contribution in [-0.2, 0) is 24.2 Å². The Hall–Kier alpha value is -1.36. The van der Waals surface area contributed by atoms with Crippen molar-refractivity contribution < 1.29 is 4.79 Å². The summed E-state index contributed by atoms with van der Waals surface area (Å²) in [6.07, 6.45) is 1.69. The zero-order chi connectivity index (χ0) is 13.8. The van der Waals surface area contributed by atoms with E-state index in [0.29, 0.717) is 6.54 Å². The summed E-state index contributed by atoms with van der Waals surface area (Å²) >= 11 is 1.73. The monoisotopic (exact) mass is 322 g/mol. The molecule has 21 heavy (non-hydrogen) atoms. The molecule has 1 aliphatic rings. The molecule has 1 atom stereocenters. The van der Waals surface area contributed by atoms with Gasteiger partial charge in [0.2, 0.25) is 5.91 Å². The molecule has 0 bridgehead atoms. The molecule has 2 heterocycles. The number of benzene rings is 1. The summed E-state index contributed by atoms with van der Waals surface area (Å²) in [5.41, 5.74) is 2.58. The van der Waals surface area contributed by atoms with E-state index >= 15 is 0 Å². The van der Waals surface area contributed by atoms with E-state index in [-0.39, 0.29) is 24.4 Å². The van der Waals surface area contributed by atoms with Crippen LogP contribution in [0.5, 0.6) is 0 Å². The van der Waals surface area contributed by atoms with Gasteiger partial charge >= 0.3 is 0 Å². The summed E-state index contributed by atoms with van der Waals surface area (Å²) < 4.78 is 0. The maximum atomic E-state index is 12.2. The first-order valence-corrected chi connectivity index (χ1v) is 7.81. The number of carbonyl (C=O) groups is 1. The molecule has 2 N–H and O–H groups in total. The molecule has 1 aliphatic heterocycles. The van der Waals surface area contributed by atoms with Crippen LogP contribution in [0.15, 0.2) is 41.8 Å². The highest BCUT2D eigenvalue weighted by Crippen LogP contribution is 2.16. The quantitative estimate of drug-likeness (QED) is 0.908. The van der Waals surface area contributed by atoms with E-state index in [9.17, 15) is 4.79 Å². The summed E-state index contributed by atoms with van der Waals surface area (Å²) in [7, 11) is 0. The van der Waals surface area contributed by atoms with Gasteiger partial charge in [-0.1, -0.05) is 30.3 Å². The first kappa shape index (κ1) is 16.0. The number of amides is 1. The standard InChI is InChI=1S/C16H18N2OS.ClH/c19-16(17-8-7-14-6-3-9-20-14)15-10-12-4-1-2-5-13(12)11-18-15;/h1-6,9,15,18H,7-8,10-11H2,(H,17,19);1H. The van der Waals surface area contributed by atoms with Gasteiger partial charge in [-0.3, -0.25) is 4.79 Å². The molecule has 0 spiro atoms. The average molecular weight is 323 g/mol. The molecular weight excluding hydrogens is 304 g/mol. The van der Waals surface area contributed by atoms with Crippen LogP contribution in [0.3, 0.4) is 0 Å². The lowest BCUT2D eigenvalue weighted by atomic mass is 9.95. The summed E-state index contributed by atoms with van der Waals surface area (Å²) in [6.45, 7) is 1.48. The number of nitrogens with one attached hydrogen (secondary N) is 2. The molecule has 0 fully saturated rings. The molecule has 0 aliphatic carbocycles. The van der Waals surface area contributed by atoms with Gasteiger partial charge in [0, 0.05) is 18.0 Å². The molecule has 1 unspecified atom stereocenters. The number of halogens is 1. The van der Waals surface area contributed by atoms with Crippen molar-refractivity contribution in [2.45, 2.75) is 25.4 Å². The minimum atomic E-state index is -0.103. The third-order valence-electron chi connectivity index (χ3n) is 3.65. The van der Waals surface area contributed by atoms with Crippen molar-refractivity contribution in [3.05, 3.63) is 57.8 Å². The molecule has 112 valence electrons. The molecule has 0 saturated heterocycles. The average Bonchev–Trinajstić information content (AvgIpc) is 3.00. The van der Waals surface area contributed by atoms with E-state index in [0.717, 1.165) is 19.4 Å². The van der Waals surface area contributed by atoms with E-state index in [1.54, 1.807) is 11.3 Å². The van der Waals surface area contributed by atoms with Crippen molar-refractivity contribution >= 4 is 29.7 Å². The minimum absolute atomic E-state index is 0. The topological polar surface area (TPSA) is 41.1 Å². The minimum Gasteiger partial charge on any atom is -0.354 e. The van der Waals surface area contributed by atoms with Crippen molar-refractivity contribution in [1.82, 2.24) is 10.6 Å². The maximum Gasteiger partial charge on any atom is 0.237 e. The third-order valence-corrected chi connectivity index (χ3v) is 4.58. The highest BCUT2D eigenvalue weighted by atomic mass is 35.5. The second kappa shape index (κ2) is 7.59.